The van der Waals surface area contributed by atoms with Gasteiger partial charge in [-0.15, -0.1) is 0 Å². The number of halogens is 2. The van der Waals surface area contributed by atoms with E-state index in [1.54, 1.807) is 24.4 Å². The largest absolute Gasteiger partial charge is 0.435 e. The number of carbonyl (C=O) groups excluding carboxylic acids is 1. The van der Waals surface area contributed by atoms with Gasteiger partial charge in [-0.3, -0.25) is 14.7 Å². The number of morpholine rings is 1. The fraction of sp³-hybridized carbons (Fsp3) is 0.368. The first-order valence-corrected chi connectivity index (χ1v) is 8.65. The summed E-state index contributed by atoms with van der Waals surface area (Å²) < 4.78 is 34.9. The highest BCUT2D eigenvalue weighted by atomic mass is 19.3. The van der Waals surface area contributed by atoms with Crippen molar-refractivity contribution in [2.45, 2.75) is 19.3 Å². The normalized spacial score (nSPS) is 17.7. The summed E-state index contributed by atoms with van der Waals surface area (Å²) in [6.07, 6.45) is 1.38. The van der Waals surface area contributed by atoms with Crippen LogP contribution in [0.3, 0.4) is 0 Å². The van der Waals surface area contributed by atoms with E-state index in [0.717, 1.165) is 11.3 Å². The van der Waals surface area contributed by atoms with Crippen molar-refractivity contribution in [3.05, 3.63) is 59.9 Å². The summed E-state index contributed by atoms with van der Waals surface area (Å²) in [5, 5.41) is 2.84. The number of aromatic nitrogens is 1. The predicted octanol–water partition coefficient (Wildman–Crippen LogP) is 2.37. The number of pyridine rings is 1. The lowest BCUT2D eigenvalue weighted by Crippen LogP contribution is -2.44. The summed E-state index contributed by atoms with van der Waals surface area (Å²) in [6.45, 7) is -0.680. The molecule has 0 bridgehead atoms. The number of amides is 1. The standard InChI is InChI=1S/C19H21F2N3O3/c20-19(21)27-16-6-3-4-14(10-16)17-12-24(8-9-26-17)13-18(25)23-11-15-5-1-2-7-22-15/h1-7,10,17,19H,8-9,11-13H2,(H,23,25). The van der Waals surface area contributed by atoms with Gasteiger partial charge in [-0.25, -0.2) is 0 Å². The van der Waals surface area contributed by atoms with Crippen molar-refractivity contribution in [3.8, 4) is 5.75 Å². The first-order chi connectivity index (χ1) is 13.1. The van der Waals surface area contributed by atoms with Gasteiger partial charge in [0.25, 0.3) is 0 Å². The third-order valence-corrected chi connectivity index (χ3v) is 4.17. The van der Waals surface area contributed by atoms with E-state index in [9.17, 15) is 13.6 Å². The van der Waals surface area contributed by atoms with Crippen molar-refractivity contribution < 1.29 is 23.0 Å². The molecule has 1 aliphatic heterocycles. The van der Waals surface area contributed by atoms with Crippen LogP contribution in [0.5, 0.6) is 5.75 Å². The SMILES string of the molecule is O=C(CN1CCOC(c2cccc(OC(F)F)c2)C1)NCc1ccccn1. The van der Waals surface area contributed by atoms with E-state index in [0.29, 0.717) is 26.2 Å². The van der Waals surface area contributed by atoms with Gasteiger partial charge in [0.1, 0.15) is 5.75 Å². The molecule has 0 spiro atoms. The number of nitrogens with one attached hydrogen (secondary N) is 1. The first kappa shape index (κ1) is 19.2. The van der Waals surface area contributed by atoms with Crippen LogP contribution in [0.4, 0.5) is 8.78 Å². The summed E-state index contributed by atoms with van der Waals surface area (Å²) >= 11 is 0. The van der Waals surface area contributed by atoms with Crippen molar-refractivity contribution in [2.24, 2.45) is 0 Å². The number of hydrogen-bond acceptors (Lipinski definition) is 5. The number of rotatable bonds is 7. The molecule has 2 aromatic rings. The quantitative estimate of drug-likeness (QED) is 0.803. The Morgan fingerprint density at radius 3 is 3.00 bits per heavy atom. The summed E-state index contributed by atoms with van der Waals surface area (Å²) in [5.41, 5.74) is 1.54. The van der Waals surface area contributed by atoms with Crippen molar-refractivity contribution in [3.63, 3.8) is 0 Å². The molecule has 1 atom stereocenters. The fourth-order valence-corrected chi connectivity index (χ4v) is 2.89. The lowest BCUT2D eigenvalue weighted by molar-refractivity contribution is -0.124. The molecule has 1 saturated heterocycles. The maximum Gasteiger partial charge on any atom is 0.387 e. The van der Waals surface area contributed by atoms with Crippen LogP contribution >= 0.6 is 0 Å². The van der Waals surface area contributed by atoms with Gasteiger partial charge in [-0.05, 0) is 29.8 Å². The molecule has 1 amide bonds. The van der Waals surface area contributed by atoms with Crippen LogP contribution in [0.15, 0.2) is 48.7 Å². The summed E-state index contributed by atoms with van der Waals surface area (Å²) in [4.78, 5) is 18.3. The number of carbonyl (C=O) groups is 1. The van der Waals surface area contributed by atoms with Gasteiger partial charge >= 0.3 is 6.61 Å². The van der Waals surface area contributed by atoms with Gasteiger partial charge in [-0.1, -0.05) is 18.2 Å². The molecule has 1 N–H and O–H groups in total. The molecule has 1 aromatic carbocycles. The van der Waals surface area contributed by atoms with Gasteiger partial charge in [0.15, 0.2) is 0 Å². The van der Waals surface area contributed by atoms with Crippen LogP contribution in [-0.2, 0) is 16.1 Å². The molecule has 0 aliphatic carbocycles. The van der Waals surface area contributed by atoms with E-state index in [1.165, 1.54) is 6.07 Å². The van der Waals surface area contributed by atoms with Crippen LogP contribution in [-0.4, -0.2) is 48.6 Å². The second-order valence-electron chi connectivity index (χ2n) is 6.14. The topological polar surface area (TPSA) is 63.7 Å². The molecule has 0 radical (unpaired) electrons. The van der Waals surface area contributed by atoms with Gasteiger partial charge in [-0.2, -0.15) is 8.78 Å². The molecule has 1 aliphatic rings. The predicted molar refractivity (Wildman–Crippen MR) is 94.3 cm³/mol. The molecule has 0 saturated carbocycles. The zero-order chi connectivity index (χ0) is 19.1. The van der Waals surface area contributed by atoms with Crippen LogP contribution in [0.1, 0.15) is 17.4 Å². The van der Waals surface area contributed by atoms with Crippen molar-refractivity contribution in [1.82, 2.24) is 15.2 Å². The van der Waals surface area contributed by atoms with E-state index in [2.05, 4.69) is 15.0 Å². The molecule has 144 valence electrons. The molecular weight excluding hydrogens is 356 g/mol. The molecule has 8 heteroatoms. The Bertz CT molecular complexity index is 746. The zero-order valence-corrected chi connectivity index (χ0v) is 14.7. The molecule has 1 fully saturated rings. The average Bonchev–Trinajstić information content (AvgIpc) is 2.67. The lowest BCUT2D eigenvalue weighted by atomic mass is 10.1. The van der Waals surface area contributed by atoms with Crippen LogP contribution in [0, 0.1) is 0 Å². The molecular formula is C19H21F2N3O3. The van der Waals surface area contributed by atoms with Crippen LogP contribution in [0.2, 0.25) is 0 Å². The number of alkyl halides is 2. The molecule has 1 unspecified atom stereocenters. The molecule has 3 rings (SSSR count). The molecule has 6 nitrogen and oxygen atoms in total. The lowest BCUT2D eigenvalue weighted by Gasteiger charge is -2.32. The highest BCUT2D eigenvalue weighted by Gasteiger charge is 2.24. The van der Waals surface area contributed by atoms with Crippen LogP contribution in [0.25, 0.3) is 0 Å². The Morgan fingerprint density at radius 2 is 2.22 bits per heavy atom. The van der Waals surface area contributed by atoms with Gasteiger partial charge in [0, 0.05) is 19.3 Å². The number of nitrogens with zero attached hydrogens (tertiary/aromatic N) is 2. The summed E-state index contributed by atoms with van der Waals surface area (Å²) in [6, 6.07) is 12.0. The minimum Gasteiger partial charge on any atom is -0.435 e. The Labute approximate surface area is 156 Å². The van der Waals surface area contributed by atoms with Crippen molar-refractivity contribution >= 4 is 5.91 Å². The Kier molecular flexibility index (Phi) is 6.67. The van der Waals surface area contributed by atoms with E-state index in [1.807, 2.05) is 23.1 Å². The second kappa shape index (κ2) is 9.38. The van der Waals surface area contributed by atoms with E-state index in [-0.39, 0.29) is 24.3 Å². The molecule has 27 heavy (non-hydrogen) atoms. The monoisotopic (exact) mass is 377 g/mol. The smallest absolute Gasteiger partial charge is 0.387 e. The molecule has 1 aromatic heterocycles. The number of ether oxygens (including phenoxy) is 2. The van der Waals surface area contributed by atoms with Crippen molar-refractivity contribution in [2.75, 3.05) is 26.2 Å². The minimum absolute atomic E-state index is 0.0938. The Hall–Kier alpha value is -2.58. The number of benzene rings is 1. The summed E-state index contributed by atoms with van der Waals surface area (Å²) in [5.74, 6) is -0.00702. The van der Waals surface area contributed by atoms with Crippen molar-refractivity contribution in [1.29, 1.82) is 0 Å². The second-order valence-corrected chi connectivity index (χ2v) is 6.14. The Balaban J connectivity index is 1.52. The molecule has 2 heterocycles. The third kappa shape index (κ3) is 5.97. The third-order valence-electron chi connectivity index (χ3n) is 4.17. The maximum atomic E-state index is 12.4. The Morgan fingerprint density at radius 1 is 1.33 bits per heavy atom. The highest BCUT2D eigenvalue weighted by molar-refractivity contribution is 5.77. The zero-order valence-electron chi connectivity index (χ0n) is 14.7. The van der Waals surface area contributed by atoms with E-state index >= 15 is 0 Å². The fourth-order valence-electron chi connectivity index (χ4n) is 2.89. The minimum atomic E-state index is -2.87. The van der Waals surface area contributed by atoms with E-state index in [4.69, 9.17) is 4.74 Å². The maximum absolute atomic E-state index is 12.4. The first-order valence-electron chi connectivity index (χ1n) is 8.65. The van der Waals surface area contributed by atoms with Crippen LogP contribution < -0.4 is 10.1 Å². The van der Waals surface area contributed by atoms with E-state index < -0.39 is 6.61 Å². The van der Waals surface area contributed by atoms with Gasteiger partial charge < -0.3 is 14.8 Å². The van der Waals surface area contributed by atoms with Gasteiger partial charge in [0.05, 0.1) is 31.5 Å². The highest BCUT2D eigenvalue weighted by Crippen LogP contribution is 2.26. The van der Waals surface area contributed by atoms with Gasteiger partial charge in [0.2, 0.25) is 5.91 Å². The summed E-state index contributed by atoms with van der Waals surface area (Å²) in [7, 11) is 0. The number of hydrogen-bond donors (Lipinski definition) is 1. The average molecular weight is 377 g/mol.